The van der Waals surface area contributed by atoms with E-state index in [9.17, 15) is 0 Å². The number of aliphatic hydroxyl groups is 1. The van der Waals surface area contributed by atoms with Crippen LogP contribution in [0.1, 0.15) is 18.4 Å². The first kappa shape index (κ1) is 10.7. The summed E-state index contributed by atoms with van der Waals surface area (Å²) in [6, 6.07) is 6.35. The van der Waals surface area contributed by atoms with E-state index in [1.165, 1.54) is 12.7 Å². The minimum absolute atomic E-state index is 0.218. The Morgan fingerprint density at radius 1 is 1.25 bits per heavy atom. The van der Waals surface area contributed by atoms with Crippen LogP contribution in [0.3, 0.4) is 0 Å². The molecule has 1 rings (SSSR count). The van der Waals surface area contributed by atoms with E-state index in [0.717, 1.165) is 0 Å². The lowest BCUT2D eigenvalue weighted by molar-refractivity contribution is 0.273. The minimum Gasteiger partial charge on any atom is -0.396 e. The van der Waals surface area contributed by atoms with Crippen LogP contribution in [0.2, 0.25) is 0 Å². The van der Waals surface area contributed by atoms with Crippen LogP contribution in [-0.2, 0) is 0 Å². The number of hydrogen-bond acceptors (Lipinski definition) is 1. The van der Waals surface area contributed by atoms with Gasteiger partial charge in [-0.1, -0.05) is 6.92 Å². The highest BCUT2D eigenvalue weighted by atomic mass is 127. The second-order valence-electron chi connectivity index (χ2n) is 2.79. The van der Waals surface area contributed by atoms with E-state index in [2.05, 4.69) is 63.4 Å². The number of aliphatic hydroxyl groups excluding tert-OH is 1. The third-order valence-electron chi connectivity index (χ3n) is 1.73. The lowest BCUT2D eigenvalue weighted by Crippen LogP contribution is -1.99. The summed E-state index contributed by atoms with van der Waals surface area (Å²) in [5, 5.41) is 8.97. The van der Waals surface area contributed by atoms with Crippen molar-refractivity contribution in [3.63, 3.8) is 0 Å². The van der Waals surface area contributed by atoms with Crippen molar-refractivity contribution in [2.75, 3.05) is 6.61 Å². The highest BCUT2D eigenvalue weighted by Gasteiger charge is 2.04. The summed E-state index contributed by atoms with van der Waals surface area (Å²) in [7, 11) is 0. The van der Waals surface area contributed by atoms with Gasteiger partial charge in [-0.2, -0.15) is 0 Å². The van der Waals surface area contributed by atoms with Crippen LogP contribution in [0.5, 0.6) is 0 Å². The summed E-state index contributed by atoms with van der Waals surface area (Å²) in [5.74, 6) is 0.244. The molecule has 0 aliphatic heterocycles. The van der Waals surface area contributed by atoms with E-state index in [4.69, 9.17) is 5.11 Å². The van der Waals surface area contributed by atoms with Gasteiger partial charge in [-0.15, -0.1) is 0 Å². The molecule has 3 heteroatoms. The highest BCUT2D eigenvalue weighted by Crippen LogP contribution is 2.20. The fraction of sp³-hybridized carbons (Fsp3) is 0.333. The molecule has 1 aromatic rings. The predicted octanol–water partition coefficient (Wildman–Crippen LogP) is 2.99. The average molecular weight is 388 g/mol. The van der Waals surface area contributed by atoms with Gasteiger partial charge in [0, 0.05) is 19.7 Å². The Balaban J connectivity index is 3.00. The second kappa shape index (κ2) is 4.76. The standard InChI is InChI=1S/C9H10I2O/c1-6(5-12)7-2-8(10)4-9(11)3-7/h2-4,6,12H,5H2,1H3. The van der Waals surface area contributed by atoms with Crippen LogP contribution >= 0.6 is 45.2 Å². The molecule has 0 radical (unpaired) electrons. The van der Waals surface area contributed by atoms with Crippen LogP contribution in [0, 0.1) is 7.14 Å². The summed E-state index contributed by atoms with van der Waals surface area (Å²) in [4.78, 5) is 0. The first-order chi connectivity index (χ1) is 5.63. The van der Waals surface area contributed by atoms with E-state index >= 15 is 0 Å². The fourth-order valence-corrected chi connectivity index (χ4v) is 2.95. The van der Waals surface area contributed by atoms with Gasteiger partial charge in [-0.3, -0.25) is 0 Å². The van der Waals surface area contributed by atoms with Gasteiger partial charge in [-0.25, -0.2) is 0 Å². The lowest BCUT2D eigenvalue weighted by atomic mass is 10.0. The molecule has 12 heavy (non-hydrogen) atoms. The van der Waals surface area contributed by atoms with Crippen molar-refractivity contribution >= 4 is 45.2 Å². The van der Waals surface area contributed by atoms with Crippen LogP contribution in [-0.4, -0.2) is 11.7 Å². The second-order valence-corrected chi connectivity index (χ2v) is 5.28. The molecule has 0 aromatic heterocycles. The molecule has 1 aromatic carbocycles. The van der Waals surface area contributed by atoms with E-state index in [0.29, 0.717) is 0 Å². The Morgan fingerprint density at radius 2 is 1.75 bits per heavy atom. The Bertz CT molecular complexity index is 253. The minimum atomic E-state index is 0.218. The SMILES string of the molecule is CC(CO)c1cc(I)cc(I)c1. The molecule has 0 aliphatic carbocycles. The van der Waals surface area contributed by atoms with Gasteiger partial charge in [0.25, 0.3) is 0 Å². The maximum atomic E-state index is 8.97. The van der Waals surface area contributed by atoms with Crippen LogP contribution in [0.25, 0.3) is 0 Å². The normalized spacial score (nSPS) is 13.0. The average Bonchev–Trinajstić information content (AvgIpc) is 2.01. The largest absolute Gasteiger partial charge is 0.396 e. The van der Waals surface area contributed by atoms with Gasteiger partial charge in [0.1, 0.15) is 0 Å². The molecule has 1 unspecified atom stereocenters. The van der Waals surface area contributed by atoms with Crippen molar-refractivity contribution < 1.29 is 5.11 Å². The number of halogens is 2. The van der Waals surface area contributed by atoms with Crippen molar-refractivity contribution in [3.05, 3.63) is 30.9 Å². The molecule has 0 bridgehead atoms. The van der Waals surface area contributed by atoms with Gasteiger partial charge in [0.15, 0.2) is 0 Å². The zero-order valence-corrected chi connectivity index (χ0v) is 11.0. The third-order valence-corrected chi connectivity index (χ3v) is 2.97. The molecule has 0 saturated carbocycles. The van der Waals surface area contributed by atoms with E-state index in [-0.39, 0.29) is 12.5 Å². The molecule has 66 valence electrons. The van der Waals surface area contributed by atoms with Gasteiger partial charge in [0.2, 0.25) is 0 Å². The number of rotatable bonds is 2. The quantitative estimate of drug-likeness (QED) is 0.773. The lowest BCUT2D eigenvalue weighted by Gasteiger charge is -2.08. The Morgan fingerprint density at radius 3 is 2.17 bits per heavy atom. The maximum Gasteiger partial charge on any atom is 0.0497 e. The van der Waals surface area contributed by atoms with Crippen LogP contribution < -0.4 is 0 Å². The number of hydrogen-bond donors (Lipinski definition) is 1. The van der Waals surface area contributed by atoms with Crippen molar-refractivity contribution in [1.82, 2.24) is 0 Å². The van der Waals surface area contributed by atoms with Gasteiger partial charge in [-0.05, 0) is 68.9 Å². The molecule has 1 atom stereocenters. The number of benzene rings is 1. The third kappa shape index (κ3) is 2.85. The molecule has 0 spiro atoms. The zero-order chi connectivity index (χ0) is 9.14. The summed E-state index contributed by atoms with van der Waals surface area (Å²) in [6.45, 7) is 2.25. The van der Waals surface area contributed by atoms with Crippen molar-refractivity contribution in [3.8, 4) is 0 Å². The van der Waals surface area contributed by atoms with Crippen molar-refractivity contribution in [1.29, 1.82) is 0 Å². The molecule has 0 amide bonds. The molecular formula is C9H10I2O. The molecule has 0 aliphatic rings. The molecule has 1 nitrogen and oxygen atoms in total. The highest BCUT2D eigenvalue weighted by molar-refractivity contribution is 14.1. The summed E-state index contributed by atoms with van der Waals surface area (Å²) >= 11 is 4.59. The van der Waals surface area contributed by atoms with Gasteiger partial charge in [0.05, 0.1) is 0 Å². The fourth-order valence-electron chi connectivity index (χ4n) is 0.965. The predicted molar refractivity (Wildman–Crippen MR) is 67.4 cm³/mol. The molecule has 1 N–H and O–H groups in total. The van der Waals surface area contributed by atoms with Crippen molar-refractivity contribution in [2.45, 2.75) is 12.8 Å². The maximum absolute atomic E-state index is 8.97. The monoisotopic (exact) mass is 388 g/mol. The van der Waals surface area contributed by atoms with Crippen LogP contribution in [0.4, 0.5) is 0 Å². The Kier molecular flexibility index (Phi) is 4.25. The van der Waals surface area contributed by atoms with Crippen LogP contribution in [0.15, 0.2) is 18.2 Å². The Hall–Kier alpha value is 0.640. The van der Waals surface area contributed by atoms with Gasteiger partial charge < -0.3 is 5.11 Å². The molecule has 0 saturated heterocycles. The molecule has 0 fully saturated rings. The smallest absolute Gasteiger partial charge is 0.0497 e. The van der Waals surface area contributed by atoms with E-state index < -0.39 is 0 Å². The molecule has 0 heterocycles. The van der Waals surface area contributed by atoms with Crippen molar-refractivity contribution in [2.24, 2.45) is 0 Å². The topological polar surface area (TPSA) is 20.2 Å². The summed E-state index contributed by atoms with van der Waals surface area (Å²) < 4.78 is 2.46. The summed E-state index contributed by atoms with van der Waals surface area (Å²) in [6.07, 6.45) is 0. The zero-order valence-electron chi connectivity index (χ0n) is 6.72. The van der Waals surface area contributed by atoms with Gasteiger partial charge >= 0.3 is 0 Å². The Labute approximate surface area is 99.8 Å². The first-order valence-corrected chi connectivity index (χ1v) is 5.86. The van der Waals surface area contributed by atoms with E-state index in [1.54, 1.807) is 0 Å². The first-order valence-electron chi connectivity index (χ1n) is 3.70. The van der Waals surface area contributed by atoms with E-state index in [1.807, 2.05) is 6.92 Å². The summed E-state index contributed by atoms with van der Waals surface area (Å²) in [5.41, 5.74) is 1.22. The molecular weight excluding hydrogens is 378 g/mol.